The van der Waals surface area contributed by atoms with Gasteiger partial charge in [0.1, 0.15) is 11.6 Å². The zero-order chi connectivity index (χ0) is 11.6. The summed E-state index contributed by atoms with van der Waals surface area (Å²) in [4.78, 5) is 19.7. The maximum Gasteiger partial charge on any atom is 0.348 e. The number of hydrogen-bond donors (Lipinski definition) is 1. The van der Waals surface area contributed by atoms with E-state index in [9.17, 15) is 9.59 Å². The smallest absolute Gasteiger partial charge is 0.348 e. The normalized spacial score (nSPS) is 7.14. The summed E-state index contributed by atoms with van der Waals surface area (Å²) in [6, 6.07) is 1.58. The maximum absolute atomic E-state index is 10.4. The molecular formula is C9H11NO4. The minimum Gasteiger partial charge on any atom is -0.478 e. The number of esters is 1. The van der Waals surface area contributed by atoms with Gasteiger partial charge in [-0.3, -0.25) is 0 Å². The Labute approximate surface area is 81.9 Å². The van der Waals surface area contributed by atoms with Crippen LogP contribution in [0.4, 0.5) is 0 Å². The van der Waals surface area contributed by atoms with E-state index in [0.717, 1.165) is 6.08 Å². The summed E-state index contributed by atoms with van der Waals surface area (Å²) in [6.07, 6.45) is 0.833. The van der Waals surface area contributed by atoms with E-state index >= 15 is 0 Å². The van der Waals surface area contributed by atoms with Gasteiger partial charge in [-0.25, -0.2) is 9.59 Å². The molecule has 0 aromatic rings. The Bertz CT molecular complexity index is 275. The number of aliphatic carboxylic acids is 1. The molecular weight excluding hydrogens is 186 g/mol. The fourth-order valence-electron chi connectivity index (χ4n) is 0.264. The van der Waals surface area contributed by atoms with Crippen LogP contribution in [0.5, 0.6) is 0 Å². The summed E-state index contributed by atoms with van der Waals surface area (Å²) >= 11 is 0. The van der Waals surface area contributed by atoms with Crippen LogP contribution in [-0.2, 0) is 14.3 Å². The fourth-order valence-corrected chi connectivity index (χ4v) is 0.264. The van der Waals surface area contributed by atoms with Crippen LogP contribution in [0.3, 0.4) is 0 Å². The molecule has 0 aromatic carbocycles. The molecule has 0 heterocycles. The van der Waals surface area contributed by atoms with Gasteiger partial charge in [-0.2, -0.15) is 5.26 Å². The molecule has 0 amide bonds. The number of carbonyl (C=O) groups is 2. The highest BCUT2D eigenvalue weighted by Crippen LogP contribution is 1.90. The summed E-state index contributed by atoms with van der Waals surface area (Å²) in [7, 11) is 0. The van der Waals surface area contributed by atoms with Gasteiger partial charge >= 0.3 is 11.9 Å². The molecule has 0 aliphatic carbocycles. The van der Waals surface area contributed by atoms with Crippen LogP contribution in [0.25, 0.3) is 0 Å². The molecule has 0 rings (SSSR count). The number of nitrogens with zero attached hydrogens (tertiary/aromatic N) is 1. The van der Waals surface area contributed by atoms with Gasteiger partial charge in [0.25, 0.3) is 0 Å². The highest BCUT2D eigenvalue weighted by molar-refractivity contribution is 5.91. The van der Waals surface area contributed by atoms with E-state index < -0.39 is 11.9 Å². The van der Waals surface area contributed by atoms with Crippen LogP contribution in [0.2, 0.25) is 0 Å². The number of carboxylic acids is 1. The first-order chi connectivity index (χ1) is 6.49. The lowest BCUT2D eigenvalue weighted by Gasteiger charge is -1.95. The number of hydrogen-bond acceptors (Lipinski definition) is 4. The van der Waals surface area contributed by atoms with Crippen LogP contribution < -0.4 is 0 Å². The molecule has 0 unspecified atom stereocenters. The Morgan fingerprint density at radius 2 is 2.07 bits per heavy atom. The molecule has 0 fully saturated rings. The number of nitriles is 1. The molecule has 0 aromatic heterocycles. The maximum atomic E-state index is 10.4. The molecule has 0 aliphatic heterocycles. The van der Waals surface area contributed by atoms with Gasteiger partial charge in [0.2, 0.25) is 0 Å². The van der Waals surface area contributed by atoms with Crippen molar-refractivity contribution in [2.75, 3.05) is 6.61 Å². The van der Waals surface area contributed by atoms with Crippen molar-refractivity contribution < 1.29 is 19.4 Å². The standard InChI is InChI=1S/C6H7NO2.C3H4O2/c1-3-9-6(8)5(2)4-7;1-2-3(4)5/h2-3H2,1H3;2H,1H2,(H,4,5). The van der Waals surface area contributed by atoms with Crippen molar-refractivity contribution in [2.24, 2.45) is 0 Å². The average Bonchev–Trinajstić information content (AvgIpc) is 2.17. The van der Waals surface area contributed by atoms with Crippen molar-refractivity contribution in [3.05, 3.63) is 24.8 Å². The molecule has 76 valence electrons. The van der Waals surface area contributed by atoms with Crippen molar-refractivity contribution >= 4 is 11.9 Å². The van der Waals surface area contributed by atoms with E-state index in [1.165, 1.54) is 0 Å². The Hall–Kier alpha value is -2.09. The summed E-state index contributed by atoms with van der Waals surface area (Å²) in [6.45, 7) is 8.06. The Kier molecular flexibility index (Phi) is 9.28. The second-order valence-corrected chi connectivity index (χ2v) is 1.85. The molecule has 1 N–H and O–H groups in total. The second kappa shape index (κ2) is 9.00. The number of carboxylic acid groups (broad SMARTS) is 1. The first-order valence-electron chi connectivity index (χ1n) is 3.61. The van der Waals surface area contributed by atoms with Crippen LogP contribution in [0, 0.1) is 11.3 Å². The monoisotopic (exact) mass is 197 g/mol. The molecule has 0 spiro atoms. The third-order valence-electron chi connectivity index (χ3n) is 0.831. The van der Waals surface area contributed by atoms with Crippen molar-refractivity contribution in [3.63, 3.8) is 0 Å². The van der Waals surface area contributed by atoms with Crippen LogP contribution in [0.15, 0.2) is 24.8 Å². The molecule has 5 heteroatoms. The lowest BCUT2D eigenvalue weighted by Crippen LogP contribution is -2.04. The van der Waals surface area contributed by atoms with E-state index in [4.69, 9.17) is 10.4 Å². The topological polar surface area (TPSA) is 87.4 Å². The summed E-state index contributed by atoms with van der Waals surface area (Å²) in [5.41, 5.74) is -0.156. The van der Waals surface area contributed by atoms with Gasteiger partial charge < -0.3 is 9.84 Å². The second-order valence-electron chi connectivity index (χ2n) is 1.85. The third-order valence-corrected chi connectivity index (χ3v) is 0.831. The predicted octanol–water partition coefficient (Wildman–Crippen LogP) is 0.886. The summed E-state index contributed by atoms with van der Waals surface area (Å²) < 4.78 is 4.43. The van der Waals surface area contributed by atoms with Gasteiger partial charge in [0.05, 0.1) is 6.61 Å². The number of rotatable bonds is 3. The van der Waals surface area contributed by atoms with Crippen LogP contribution in [-0.4, -0.2) is 23.7 Å². The minimum atomic E-state index is -0.981. The lowest BCUT2D eigenvalue weighted by molar-refractivity contribution is -0.138. The van der Waals surface area contributed by atoms with Gasteiger partial charge in [-0.05, 0) is 6.92 Å². The zero-order valence-corrected chi connectivity index (χ0v) is 7.82. The Morgan fingerprint density at radius 3 is 2.29 bits per heavy atom. The number of carbonyl (C=O) groups excluding carboxylic acids is 1. The SMILES string of the molecule is C=C(C#N)C(=O)OCC.C=CC(=O)O. The van der Waals surface area contributed by atoms with E-state index in [-0.39, 0.29) is 12.2 Å². The van der Waals surface area contributed by atoms with Gasteiger partial charge in [0, 0.05) is 6.08 Å². The van der Waals surface area contributed by atoms with Crippen molar-refractivity contribution in [2.45, 2.75) is 6.92 Å². The highest BCUT2D eigenvalue weighted by atomic mass is 16.5. The van der Waals surface area contributed by atoms with Crippen LogP contribution in [0.1, 0.15) is 6.92 Å². The van der Waals surface area contributed by atoms with Crippen molar-refractivity contribution in [3.8, 4) is 6.07 Å². The summed E-state index contributed by atoms with van der Waals surface area (Å²) in [5.74, 6) is -1.62. The Balaban J connectivity index is 0. The molecule has 0 bridgehead atoms. The van der Waals surface area contributed by atoms with Crippen LogP contribution >= 0.6 is 0 Å². The summed E-state index contributed by atoms with van der Waals surface area (Å²) in [5, 5.41) is 15.7. The first kappa shape index (κ1) is 14.4. The minimum absolute atomic E-state index is 0.156. The van der Waals surface area contributed by atoms with E-state index in [1.807, 2.05) is 0 Å². The third kappa shape index (κ3) is 9.91. The molecule has 0 atom stereocenters. The molecule has 0 radical (unpaired) electrons. The Morgan fingerprint density at radius 1 is 1.64 bits per heavy atom. The van der Waals surface area contributed by atoms with Gasteiger partial charge in [0.15, 0.2) is 0 Å². The van der Waals surface area contributed by atoms with E-state index in [0.29, 0.717) is 0 Å². The van der Waals surface area contributed by atoms with Crippen molar-refractivity contribution in [1.29, 1.82) is 5.26 Å². The fraction of sp³-hybridized carbons (Fsp3) is 0.222. The average molecular weight is 197 g/mol. The molecule has 14 heavy (non-hydrogen) atoms. The highest BCUT2D eigenvalue weighted by Gasteiger charge is 2.03. The van der Waals surface area contributed by atoms with E-state index in [1.54, 1.807) is 13.0 Å². The van der Waals surface area contributed by atoms with Gasteiger partial charge in [-0.15, -0.1) is 0 Å². The zero-order valence-electron chi connectivity index (χ0n) is 7.82. The van der Waals surface area contributed by atoms with E-state index in [2.05, 4.69) is 17.9 Å². The molecule has 0 saturated heterocycles. The lowest BCUT2D eigenvalue weighted by atomic mass is 10.3. The molecule has 0 aliphatic rings. The van der Waals surface area contributed by atoms with Crippen molar-refractivity contribution in [1.82, 2.24) is 0 Å². The largest absolute Gasteiger partial charge is 0.478 e. The molecule has 0 saturated carbocycles. The quantitative estimate of drug-likeness (QED) is 0.412. The molecule has 5 nitrogen and oxygen atoms in total. The predicted molar refractivity (Wildman–Crippen MR) is 49.2 cm³/mol. The number of ether oxygens (including phenoxy) is 1. The first-order valence-corrected chi connectivity index (χ1v) is 3.61. The van der Waals surface area contributed by atoms with Gasteiger partial charge in [-0.1, -0.05) is 13.2 Å².